The molecule has 0 amide bonds. The maximum atomic E-state index is 12.3. The number of nitrogen functional groups attached to an aromatic ring is 1. The molecule has 5 nitrogen and oxygen atoms in total. The third-order valence-corrected chi connectivity index (χ3v) is 5.62. The molecule has 1 aliphatic rings. The van der Waals surface area contributed by atoms with Crippen LogP contribution in [0.2, 0.25) is 0 Å². The van der Waals surface area contributed by atoms with E-state index in [0.717, 1.165) is 39.7 Å². The number of fused-ring (bicyclic) bond motifs is 5. The summed E-state index contributed by atoms with van der Waals surface area (Å²) in [6, 6.07) is 0. The molecule has 4 rings (SSSR count). The zero-order valence-corrected chi connectivity index (χ0v) is 14.2. The lowest BCUT2D eigenvalue weighted by Crippen LogP contribution is -2.26. The molecular weight excluding hydrogens is 308 g/mol. The second-order valence-corrected chi connectivity index (χ2v) is 7.74. The fourth-order valence-electron chi connectivity index (χ4n) is 3.56. The molecule has 0 aliphatic heterocycles. The number of pyridine rings is 1. The third-order valence-electron chi connectivity index (χ3n) is 4.56. The Balaban J connectivity index is 2.11. The van der Waals surface area contributed by atoms with Gasteiger partial charge in [-0.1, -0.05) is 13.8 Å². The van der Waals surface area contributed by atoms with Gasteiger partial charge in [0.05, 0.1) is 5.52 Å². The number of aryl methyl sites for hydroxylation is 1. The second kappa shape index (κ2) is 5.30. The van der Waals surface area contributed by atoms with Gasteiger partial charge in [0, 0.05) is 11.1 Å². The van der Waals surface area contributed by atoms with Crippen LogP contribution in [0, 0.1) is 5.92 Å². The number of thiophene rings is 1. The van der Waals surface area contributed by atoms with E-state index in [2.05, 4.69) is 18.8 Å². The molecule has 0 spiro atoms. The molecule has 0 aromatic carbocycles. The summed E-state index contributed by atoms with van der Waals surface area (Å²) in [5.41, 5.74) is 4.56. The number of nitrogens with two attached hydrogens (primary N) is 1. The summed E-state index contributed by atoms with van der Waals surface area (Å²) in [6.45, 7) is 4.45. The summed E-state index contributed by atoms with van der Waals surface area (Å²) < 4.78 is 1.67. The highest BCUT2D eigenvalue weighted by Gasteiger charge is 2.23. The van der Waals surface area contributed by atoms with E-state index in [9.17, 15) is 4.79 Å². The highest BCUT2D eigenvalue weighted by atomic mass is 32.1. The van der Waals surface area contributed by atoms with Crippen molar-refractivity contribution in [1.29, 1.82) is 0 Å². The molecule has 1 aliphatic carbocycles. The zero-order valence-electron chi connectivity index (χ0n) is 13.4. The normalized spacial score (nSPS) is 14.7. The number of hydrogen-bond donors (Lipinski definition) is 1. The van der Waals surface area contributed by atoms with E-state index in [1.165, 1.54) is 47.3 Å². The van der Waals surface area contributed by atoms with Crippen LogP contribution in [0.3, 0.4) is 0 Å². The van der Waals surface area contributed by atoms with Crippen LogP contribution in [0.4, 0.5) is 0 Å². The summed E-state index contributed by atoms with van der Waals surface area (Å²) in [6.07, 6.45) is 6.95. The maximum absolute atomic E-state index is 12.3. The van der Waals surface area contributed by atoms with Gasteiger partial charge in [-0.15, -0.1) is 11.3 Å². The first-order valence-electron chi connectivity index (χ1n) is 8.16. The summed E-state index contributed by atoms with van der Waals surface area (Å²) in [5.74, 6) is 6.24. The Morgan fingerprint density at radius 1 is 1.30 bits per heavy atom. The zero-order chi connectivity index (χ0) is 16.1. The Labute approximate surface area is 138 Å². The summed E-state index contributed by atoms with van der Waals surface area (Å²) in [4.78, 5) is 22.6. The first-order chi connectivity index (χ1) is 11.1. The molecule has 0 bridgehead atoms. The molecule has 120 valence electrons. The minimum absolute atomic E-state index is 0.187. The molecule has 0 atom stereocenters. The van der Waals surface area contributed by atoms with Crippen molar-refractivity contribution in [1.82, 2.24) is 14.6 Å². The number of rotatable bonds is 2. The van der Waals surface area contributed by atoms with Gasteiger partial charge < -0.3 is 5.84 Å². The van der Waals surface area contributed by atoms with E-state index in [4.69, 9.17) is 10.8 Å². The summed E-state index contributed by atoms with van der Waals surface area (Å²) in [5, 5.41) is 1.09. The molecule has 23 heavy (non-hydrogen) atoms. The Bertz CT molecular complexity index is 970. The first-order valence-corrected chi connectivity index (χ1v) is 8.97. The van der Waals surface area contributed by atoms with Crippen molar-refractivity contribution in [2.45, 2.75) is 46.0 Å². The molecule has 3 aromatic rings. The van der Waals surface area contributed by atoms with E-state index < -0.39 is 0 Å². The molecule has 3 heterocycles. The van der Waals surface area contributed by atoms with E-state index in [1.807, 2.05) is 0 Å². The lowest BCUT2D eigenvalue weighted by atomic mass is 9.87. The minimum Gasteiger partial charge on any atom is -0.335 e. The van der Waals surface area contributed by atoms with Crippen LogP contribution in [0.25, 0.3) is 20.4 Å². The fourth-order valence-corrected chi connectivity index (χ4v) is 4.68. The van der Waals surface area contributed by atoms with Crippen molar-refractivity contribution >= 4 is 31.8 Å². The topological polar surface area (TPSA) is 73.8 Å². The number of hydrogen-bond acceptors (Lipinski definition) is 5. The molecular formula is C17H20N4OS. The van der Waals surface area contributed by atoms with Crippen molar-refractivity contribution in [2.24, 2.45) is 5.92 Å². The van der Waals surface area contributed by atoms with Gasteiger partial charge in [-0.2, -0.15) is 0 Å². The molecule has 0 radical (unpaired) electrons. The largest absolute Gasteiger partial charge is 0.335 e. The van der Waals surface area contributed by atoms with Crippen LogP contribution in [0.1, 0.15) is 43.5 Å². The Kier molecular flexibility index (Phi) is 3.37. The van der Waals surface area contributed by atoms with Crippen molar-refractivity contribution in [3.05, 3.63) is 33.5 Å². The van der Waals surface area contributed by atoms with Crippen LogP contribution in [0.5, 0.6) is 0 Å². The molecule has 0 saturated heterocycles. The van der Waals surface area contributed by atoms with Crippen LogP contribution in [-0.4, -0.2) is 14.6 Å². The van der Waals surface area contributed by atoms with Crippen LogP contribution < -0.4 is 11.4 Å². The molecule has 3 aromatic heterocycles. The van der Waals surface area contributed by atoms with Crippen LogP contribution in [-0.2, 0) is 19.3 Å². The molecule has 0 saturated carbocycles. The third kappa shape index (κ3) is 2.24. The van der Waals surface area contributed by atoms with Crippen molar-refractivity contribution in [3.8, 4) is 0 Å². The van der Waals surface area contributed by atoms with Crippen LogP contribution >= 0.6 is 11.3 Å². The smallest absolute Gasteiger partial charge is 0.289 e. The average molecular weight is 328 g/mol. The van der Waals surface area contributed by atoms with Gasteiger partial charge in [0.25, 0.3) is 5.56 Å². The molecule has 0 fully saturated rings. The van der Waals surface area contributed by atoms with Gasteiger partial charge in [0.1, 0.15) is 15.9 Å². The van der Waals surface area contributed by atoms with Crippen LogP contribution in [0.15, 0.2) is 11.1 Å². The Hall–Kier alpha value is -1.95. The van der Waals surface area contributed by atoms with Gasteiger partial charge in [-0.25, -0.2) is 14.6 Å². The van der Waals surface area contributed by atoms with Crippen molar-refractivity contribution in [3.63, 3.8) is 0 Å². The van der Waals surface area contributed by atoms with E-state index in [1.54, 1.807) is 0 Å². The van der Waals surface area contributed by atoms with E-state index in [-0.39, 0.29) is 5.56 Å². The minimum atomic E-state index is -0.187. The summed E-state index contributed by atoms with van der Waals surface area (Å²) >= 11 is 1.43. The molecule has 6 heteroatoms. The number of aromatic nitrogens is 3. The average Bonchev–Trinajstić information content (AvgIpc) is 2.90. The highest BCUT2D eigenvalue weighted by Crippen LogP contribution is 2.37. The molecule has 2 N–H and O–H groups in total. The van der Waals surface area contributed by atoms with Gasteiger partial charge in [0.15, 0.2) is 0 Å². The maximum Gasteiger partial charge on any atom is 0.289 e. The van der Waals surface area contributed by atoms with Gasteiger partial charge in [-0.05, 0) is 49.1 Å². The van der Waals surface area contributed by atoms with Gasteiger partial charge in [-0.3, -0.25) is 4.79 Å². The standard InChI is InChI=1S/C17H20N4OS/c1-9(2)7-12-10-5-3-4-6-11(10)13-14-15(23-16(13)20-12)17(22)21(18)8-19-14/h8-9H,3-7,18H2,1-2H3. The van der Waals surface area contributed by atoms with Crippen molar-refractivity contribution < 1.29 is 0 Å². The quantitative estimate of drug-likeness (QED) is 0.734. The lowest BCUT2D eigenvalue weighted by molar-refractivity contribution is 0.615. The van der Waals surface area contributed by atoms with E-state index in [0.29, 0.717) is 10.6 Å². The fraction of sp³-hybridized carbons (Fsp3) is 0.471. The predicted octanol–water partition coefficient (Wildman–Crippen LogP) is 2.80. The van der Waals surface area contributed by atoms with Gasteiger partial charge >= 0.3 is 0 Å². The first kappa shape index (κ1) is 14.6. The lowest BCUT2D eigenvalue weighted by Gasteiger charge is -2.20. The monoisotopic (exact) mass is 328 g/mol. The Morgan fingerprint density at radius 2 is 2.04 bits per heavy atom. The SMILES string of the molecule is CC(C)Cc1nc2sc3c(=O)n(N)cnc3c2c2c1CCCC2. The highest BCUT2D eigenvalue weighted by molar-refractivity contribution is 7.25. The molecule has 0 unspecified atom stereocenters. The summed E-state index contributed by atoms with van der Waals surface area (Å²) in [7, 11) is 0. The van der Waals surface area contributed by atoms with E-state index >= 15 is 0 Å². The van der Waals surface area contributed by atoms with Gasteiger partial charge in [0.2, 0.25) is 0 Å². The number of nitrogens with zero attached hydrogens (tertiary/aromatic N) is 3. The Morgan fingerprint density at radius 3 is 2.78 bits per heavy atom. The second-order valence-electron chi connectivity index (χ2n) is 6.74. The predicted molar refractivity (Wildman–Crippen MR) is 94.5 cm³/mol. The van der Waals surface area contributed by atoms with Crippen molar-refractivity contribution in [2.75, 3.05) is 5.84 Å².